The summed E-state index contributed by atoms with van der Waals surface area (Å²) in [5, 5.41) is 2.82. The first kappa shape index (κ1) is 23.4. The number of nitrogens with one attached hydrogen (secondary N) is 1. The number of hydrogen-bond acceptors (Lipinski definition) is 4. The van der Waals surface area contributed by atoms with Gasteiger partial charge in [0.25, 0.3) is 5.91 Å². The standard InChI is InChI=1S/C24H33N3O3/c1-6-26(18(3)4)16-19-12-14-20(15-13-19)24(29)27(7-2)17-23(28)25-21-10-8-9-11-22(21)30-5/h8-15,18H,6-7,16-17H2,1-5H3,(H,25,28). The Morgan fingerprint density at radius 1 is 1.00 bits per heavy atom. The second-order valence-electron chi connectivity index (χ2n) is 7.42. The lowest BCUT2D eigenvalue weighted by Crippen LogP contribution is -2.38. The summed E-state index contributed by atoms with van der Waals surface area (Å²) in [6.07, 6.45) is 0. The summed E-state index contributed by atoms with van der Waals surface area (Å²) in [5.41, 5.74) is 2.33. The van der Waals surface area contributed by atoms with Gasteiger partial charge in [0.1, 0.15) is 12.3 Å². The van der Waals surface area contributed by atoms with Crippen LogP contribution in [-0.4, -0.2) is 54.4 Å². The zero-order valence-electron chi connectivity index (χ0n) is 18.6. The third kappa shape index (κ3) is 6.32. The molecule has 30 heavy (non-hydrogen) atoms. The number of rotatable bonds is 10. The van der Waals surface area contributed by atoms with E-state index < -0.39 is 0 Å². The number of para-hydroxylation sites is 2. The zero-order chi connectivity index (χ0) is 22.1. The van der Waals surface area contributed by atoms with Gasteiger partial charge >= 0.3 is 0 Å². The van der Waals surface area contributed by atoms with Gasteiger partial charge in [0.15, 0.2) is 0 Å². The van der Waals surface area contributed by atoms with Gasteiger partial charge in [-0.2, -0.15) is 0 Å². The van der Waals surface area contributed by atoms with Gasteiger partial charge in [0, 0.05) is 24.7 Å². The van der Waals surface area contributed by atoms with Crippen LogP contribution in [0.1, 0.15) is 43.6 Å². The van der Waals surface area contributed by atoms with Crippen LogP contribution in [0.25, 0.3) is 0 Å². The molecule has 1 N–H and O–H groups in total. The number of methoxy groups -OCH3 is 1. The molecule has 0 bridgehead atoms. The van der Waals surface area contributed by atoms with Crippen LogP contribution in [0.3, 0.4) is 0 Å². The van der Waals surface area contributed by atoms with Gasteiger partial charge < -0.3 is 15.0 Å². The highest BCUT2D eigenvalue weighted by molar-refractivity contribution is 5.99. The molecule has 0 unspecified atom stereocenters. The van der Waals surface area contributed by atoms with E-state index in [-0.39, 0.29) is 18.4 Å². The molecule has 0 aliphatic heterocycles. The van der Waals surface area contributed by atoms with Gasteiger partial charge in [0.2, 0.25) is 5.91 Å². The number of likely N-dealkylation sites (N-methyl/N-ethyl adjacent to an activating group) is 1. The summed E-state index contributed by atoms with van der Waals surface area (Å²) >= 11 is 0. The van der Waals surface area contributed by atoms with Crippen molar-refractivity contribution in [2.75, 3.05) is 32.1 Å². The Hall–Kier alpha value is -2.86. The third-order valence-corrected chi connectivity index (χ3v) is 5.11. The highest BCUT2D eigenvalue weighted by Crippen LogP contribution is 2.23. The van der Waals surface area contributed by atoms with Crippen molar-refractivity contribution in [1.29, 1.82) is 0 Å². The first-order valence-corrected chi connectivity index (χ1v) is 10.4. The fourth-order valence-electron chi connectivity index (χ4n) is 3.27. The highest BCUT2D eigenvalue weighted by atomic mass is 16.5. The molecule has 0 aromatic heterocycles. The first-order valence-electron chi connectivity index (χ1n) is 10.4. The summed E-state index contributed by atoms with van der Waals surface area (Å²) in [4.78, 5) is 29.3. The second kappa shape index (κ2) is 11.4. The summed E-state index contributed by atoms with van der Waals surface area (Å²) < 4.78 is 5.26. The normalized spacial score (nSPS) is 10.9. The van der Waals surface area contributed by atoms with Crippen LogP contribution in [-0.2, 0) is 11.3 Å². The SMILES string of the molecule is CCN(CC(=O)Nc1ccccc1OC)C(=O)c1ccc(CN(CC)C(C)C)cc1. The molecular formula is C24H33N3O3. The number of nitrogens with zero attached hydrogens (tertiary/aromatic N) is 2. The monoisotopic (exact) mass is 411 g/mol. The maximum atomic E-state index is 12.9. The predicted octanol–water partition coefficient (Wildman–Crippen LogP) is 4.03. The fraction of sp³-hybridized carbons (Fsp3) is 0.417. The van der Waals surface area contributed by atoms with Gasteiger partial charge in [-0.05, 0) is 57.1 Å². The lowest BCUT2D eigenvalue weighted by atomic mass is 10.1. The molecule has 6 nitrogen and oxygen atoms in total. The minimum Gasteiger partial charge on any atom is -0.495 e. The Kier molecular flexibility index (Phi) is 8.87. The summed E-state index contributed by atoms with van der Waals surface area (Å²) in [5.74, 6) is 0.163. The van der Waals surface area contributed by atoms with Crippen LogP contribution in [0.4, 0.5) is 5.69 Å². The first-order chi connectivity index (χ1) is 14.4. The predicted molar refractivity (Wildman–Crippen MR) is 121 cm³/mol. The molecule has 0 saturated carbocycles. The van der Waals surface area contributed by atoms with E-state index >= 15 is 0 Å². The fourth-order valence-corrected chi connectivity index (χ4v) is 3.27. The van der Waals surface area contributed by atoms with Crippen LogP contribution in [0.15, 0.2) is 48.5 Å². The summed E-state index contributed by atoms with van der Waals surface area (Å²) in [6.45, 7) is 10.6. The second-order valence-corrected chi connectivity index (χ2v) is 7.42. The molecule has 0 spiro atoms. The molecule has 2 aromatic rings. The third-order valence-electron chi connectivity index (χ3n) is 5.11. The molecule has 162 valence electrons. The van der Waals surface area contributed by atoms with Crippen molar-refractivity contribution >= 4 is 17.5 Å². The molecule has 2 amide bonds. The molecule has 2 aromatic carbocycles. The number of carbonyl (C=O) groups excluding carboxylic acids is 2. The van der Waals surface area contributed by atoms with Crippen molar-refractivity contribution in [3.05, 3.63) is 59.7 Å². The maximum absolute atomic E-state index is 12.9. The lowest BCUT2D eigenvalue weighted by molar-refractivity contribution is -0.116. The van der Waals surface area contributed by atoms with Crippen molar-refractivity contribution in [3.8, 4) is 5.75 Å². The number of benzene rings is 2. The van der Waals surface area contributed by atoms with Crippen molar-refractivity contribution < 1.29 is 14.3 Å². The van der Waals surface area contributed by atoms with Gasteiger partial charge in [-0.1, -0.05) is 31.2 Å². The molecule has 0 fully saturated rings. The van der Waals surface area contributed by atoms with Crippen molar-refractivity contribution in [2.24, 2.45) is 0 Å². The van der Waals surface area contributed by atoms with E-state index in [9.17, 15) is 9.59 Å². The van der Waals surface area contributed by atoms with E-state index in [2.05, 4.69) is 31.0 Å². The summed E-state index contributed by atoms with van der Waals surface area (Å²) in [6, 6.07) is 15.3. The Morgan fingerprint density at radius 3 is 2.23 bits per heavy atom. The number of amides is 2. The average molecular weight is 412 g/mol. The van der Waals surface area contributed by atoms with Crippen molar-refractivity contribution in [1.82, 2.24) is 9.80 Å². The quantitative estimate of drug-likeness (QED) is 0.641. The van der Waals surface area contributed by atoms with Crippen LogP contribution < -0.4 is 10.1 Å². The van der Waals surface area contributed by atoms with E-state index in [1.807, 2.05) is 43.3 Å². The molecule has 0 atom stereocenters. The van der Waals surface area contributed by atoms with Gasteiger partial charge in [-0.25, -0.2) is 0 Å². The highest BCUT2D eigenvalue weighted by Gasteiger charge is 2.18. The Balaban J connectivity index is 2.02. The molecule has 0 aliphatic carbocycles. The Morgan fingerprint density at radius 2 is 1.67 bits per heavy atom. The van der Waals surface area contributed by atoms with Gasteiger partial charge in [-0.3, -0.25) is 14.5 Å². The molecule has 0 saturated heterocycles. The molecule has 6 heteroatoms. The van der Waals surface area contributed by atoms with Gasteiger partial charge in [0.05, 0.1) is 12.8 Å². The number of carbonyl (C=O) groups is 2. The van der Waals surface area contributed by atoms with E-state index in [0.29, 0.717) is 29.6 Å². The Bertz CT molecular complexity index is 834. The Labute approximate surface area is 179 Å². The van der Waals surface area contributed by atoms with Crippen LogP contribution >= 0.6 is 0 Å². The van der Waals surface area contributed by atoms with Crippen LogP contribution in [0, 0.1) is 0 Å². The van der Waals surface area contributed by atoms with Gasteiger partial charge in [-0.15, -0.1) is 0 Å². The molecule has 0 heterocycles. The van der Waals surface area contributed by atoms with Crippen LogP contribution in [0.5, 0.6) is 5.75 Å². The molecule has 0 aliphatic rings. The number of anilines is 1. The molecule has 0 radical (unpaired) electrons. The number of ether oxygens (including phenoxy) is 1. The smallest absolute Gasteiger partial charge is 0.254 e. The van der Waals surface area contributed by atoms with Crippen molar-refractivity contribution in [3.63, 3.8) is 0 Å². The topological polar surface area (TPSA) is 61.9 Å². The van der Waals surface area contributed by atoms with E-state index in [0.717, 1.165) is 13.1 Å². The summed E-state index contributed by atoms with van der Waals surface area (Å²) in [7, 11) is 1.55. The van der Waals surface area contributed by atoms with E-state index in [1.54, 1.807) is 19.2 Å². The van der Waals surface area contributed by atoms with Crippen molar-refractivity contribution in [2.45, 2.75) is 40.3 Å². The minimum atomic E-state index is -0.262. The largest absolute Gasteiger partial charge is 0.495 e. The van der Waals surface area contributed by atoms with E-state index in [1.165, 1.54) is 10.5 Å². The number of hydrogen-bond donors (Lipinski definition) is 1. The lowest BCUT2D eigenvalue weighted by Gasteiger charge is -2.25. The molecular weight excluding hydrogens is 378 g/mol. The van der Waals surface area contributed by atoms with Crippen LogP contribution in [0.2, 0.25) is 0 Å². The minimum absolute atomic E-state index is 0.0217. The molecule has 2 rings (SSSR count). The maximum Gasteiger partial charge on any atom is 0.254 e. The average Bonchev–Trinajstić information content (AvgIpc) is 2.75. The van der Waals surface area contributed by atoms with E-state index in [4.69, 9.17) is 4.74 Å². The zero-order valence-corrected chi connectivity index (χ0v) is 18.6.